The van der Waals surface area contributed by atoms with Gasteiger partial charge in [0.1, 0.15) is 5.54 Å². The Morgan fingerprint density at radius 1 is 1.09 bits per heavy atom. The fourth-order valence-corrected chi connectivity index (χ4v) is 5.18. The van der Waals surface area contributed by atoms with Gasteiger partial charge in [0.2, 0.25) is 0 Å². The first-order valence-corrected chi connectivity index (χ1v) is 11.9. The number of para-hydroxylation sites is 1. The van der Waals surface area contributed by atoms with Crippen LogP contribution in [-0.2, 0) is 17.8 Å². The summed E-state index contributed by atoms with van der Waals surface area (Å²) in [6.45, 7) is 4.62. The molecule has 3 amide bonds. The van der Waals surface area contributed by atoms with Crippen LogP contribution in [0, 0.1) is 5.92 Å². The zero-order valence-corrected chi connectivity index (χ0v) is 19.2. The van der Waals surface area contributed by atoms with Crippen LogP contribution in [0.1, 0.15) is 43.7 Å². The molecule has 7 nitrogen and oxygen atoms in total. The monoisotopic (exact) mass is 451 g/mol. The molecule has 2 aromatic rings. The second-order valence-corrected chi connectivity index (χ2v) is 8.97. The van der Waals surface area contributed by atoms with E-state index in [2.05, 4.69) is 27.7 Å². The van der Waals surface area contributed by atoms with Gasteiger partial charge >= 0.3 is 6.03 Å². The van der Waals surface area contributed by atoms with E-state index in [1.54, 1.807) is 6.07 Å². The van der Waals surface area contributed by atoms with Gasteiger partial charge in [-0.1, -0.05) is 42.5 Å². The van der Waals surface area contributed by atoms with Crippen molar-refractivity contribution < 1.29 is 19.4 Å². The number of imide groups is 1. The minimum absolute atomic E-state index is 0.0827. The van der Waals surface area contributed by atoms with Crippen molar-refractivity contribution in [3.05, 3.63) is 59.7 Å². The smallest absolute Gasteiger partial charge is 0.322 e. The lowest BCUT2D eigenvalue weighted by Gasteiger charge is -2.40. The molecule has 2 heterocycles. The molecule has 2 fully saturated rings. The molecule has 0 saturated carbocycles. The molecule has 2 aliphatic heterocycles. The predicted octanol–water partition coefficient (Wildman–Crippen LogP) is 3.60. The van der Waals surface area contributed by atoms with Crippen molar-refractivity contribution in [2.24, 2.45) is 5.92 Å². The lowest BCUT2D eigenvalue weighted by atomic mass is 9.74. The number of ether oxygens (including phenoxy) is 1. The minimum atomic E-state index is -0.838. The first-order valence-electron chi connectivity index (χ1n) is 11.9. The van der Waals surface area contributed by atoms with Crippen molar-refractivity contribution >= 4 is 11.9 Å². The van der Waals surface area contributed by atoms with Gasteiger partial charge in [0.15, 0.2) is 11.5 Å². The third-order valence-corrected chi connectivity index (χ3v) is 6.91. The van der Waals surface area contributed by atoms with Crippen LogP contribution in [0.15, 0.2) is 48.5 Å². The van der Waals surface area contributed by atoms with E-state index in [1.165, 1.54) is 5.56 Å². The van der Waals surface area contributed by atoms with Crippen LogP contribution in [0.4, 0.5) is 4.79 Å². The average molecular weight is 452 g/mol. The summed E-state index contributed by atoms with van der Waals surface area (Å²) in [5, 5.41) is 16.0. The fraction of sp³-hybridized carbons (Fsp3) is 0.462. The number of carbonyl (C=O) groups is 2. The third-order valence-electron chi connectivity index (χ3n) is 6.91. The van der Waals surface area contributed by atoms with Gasteiger partial charge in [-0.2, -0.15) is 0 Å². The fourth-order valence-electron chi connectivity index (χ4n) is 5.18. The minimum Gasteiger partial charge on any atom is -0.504 e. The van der Waals surface area contributed by atoms with E-state index >= 15 is 0 Å². The van der Waals surface area contributed by atoms with Crippen LogP contribution in [0.25, 0.3) is 0 Å². The summed E-state index contributed by atoms with van der Waals surface area (Å²) in [6, 6.07) is 15.4. The summed E-state index contributed by atoms with van der Waals surface area (Å²) in [6.07, 6.45) is 3.95. The number of rotatable bonds is 9. The van der Waals surface area contributed by atoms with Crippen molar-refractivity contribution in [3.8, 4) is 11.5 Å². The number of urea groups is 1. The Balaban J connectivity index is 1.39. The molecule has 0 spiro atoms. The lowest BCUT2D eigenvalue weighted by Crippen LogP contribution is -2.56. The lowest BCUT2D eigenvalue weighted by molar-refractivity contribution is -0.127. The van der Waals surface area contributed by atoms with Gasteiger partial charge in [0.05, 0.1) is 6.61 Å². The molecule has 3 N–H and O–H groups in total. The maximum atomic E-state index is 12.9. The Bertz CT molecular complexity index is 973. The highest BCUT2D eigenvalue weighted by molar-refractivity contribution is 6.07. The first kappa shape index (κ1) is 23.1. The molecule has 0 aliphatic carbocycles. The molecule has 7 heteroatoms. The number of carbonyl (C=O) groups excluding carboxylic acids is 2. The van der Waals surface area contributed by atoms with Gasteiger partial charge in [-0.05, 0) is 69.7 Å². The molecule has 0 radical (unpaired) electrons. The predicted molar refractivity (Wildman–Crippen MR) is 126 cm³/mol. The number of aromatic hydroxyl groups is 1. The highest BCUT2D eigenvalue weighted by Crippen LogP contribution is 2.36. The van der Waals surface area contributed by atoms with Crippen LogP contribution >= 0.6 is 0 Å². The number of benzene rings is 2. The van der Waals surface area contributed by atoms with Crippen molar-refractivity contribution in [2.45, 2.75) is 51.1 Å². The number of phenols is 1. The molecule has 176 valence electrons. The summed E-state index contributed by atoms with van der Waals surface area (Å²) in [7, 11) is 0. The van der Waals surface area contributed by atoms with E-state index in [0.717, 1.165) is 44.3 Å². The molecule has 2 aromatic carbocycles. The number of piperidine rings is 1. The molecule has 0 bridgehead atoms. The second-order valence-electron chi connectivity index (χ2n) is 8.97. The van der Waals surface area contributed by atoms with Gasteiger partial charge in [-0.3, -0.25) is 15.0 Å². The number of nitrogens with one attached hydrogen (secondary N) is 2. The highest BCUT2D eigenvalue weighted by atomic mass is 16.5. The number of phenolic OH excluding ortho intramolecular Hbond substituents is 1. The Morgan fingerprint density at radius 3 is 2.52 bits per heavy atom. The van der Waals surface area contributed by atoms with E-state index in [-0.39, 0.29) is 23.6 Å². The summed E-state index contributed by atoms with van der Waals surface area (Å²) < 4.78 is 5.50. The Labute approximate surface area is 195 Å². The number of hydrogen-bond donors (Lipinski definition) is 3. The van der Waals surface area contributed by atoms with Gasteiger partial charge in [-0.15, -0.1) is 0 Å². The number of nitrogens with zero attached hydrogens (tertiary/aromatic N) is 1. The maximum Gasteiger partial charge on any atom is 0.322 e. The van der Waals surface area contributed by atoms with Crippen LogP contribution in [0.5, 0.6) is 11.5 Å². The largest absolute Gasteiger partial charge is 0.504 e. The van der Waals surface area contributed by atoms with Crippen molar-refractivity contribution in [3.63, 3.8) is 0 Å². The van der Waals surface area contributed by atoms with Gasteiger partial charge < -0.3 is 15.2 Å². The zero-order chi connectivity index (χ0) is 23.3. The summed E-state index contributed by atoms with van der Waals surface area (Å²) in [4.78, 5) is 27.3. The van der Waals surface area contributed by atoms with Crippen molar-refractivity contribution in [2.75, 3.05) is 19.7 Å². The van der Waals surface area contributed by atoms with Crippen LogP contribution < -0.4 is 15.4 Å². The first-order chi connectivity index (χ1) is 16.0. The molecule has 4 rings (SSSR count). The van der Waals surface area contributed by atoms with E-state index < -0.39 is 5.54 Å². The SMILES string of the molecule is CCOc1cccc(CN2CCC([C@]3(CCCc4ccccc4)NC(=O)NC3=O)CC2)c1O. The van der Waals surface area contributed by atoms with Crippen molar-refractivity contribution in [1.82, 2.24) is 15.5 Å². The van der Waals surface area contributed by atoms with Crippen LogP contribution in [-0.4, -0.2) is 47.2 Å². The molecule has 0 aromatic heterocycles. The van der Waals surface area contributed by atoms with Gasteiger partial charge in [0, 0.05) is 12.1 Å². The Kier molecular flexibility index (Phi) is 7.18. The maximum absolute atomic E-state index is 12.9. The molecule has 2 aliphatic rings. The normalized spacial score (nSPS) is 21.6. The topological polar surface area (TPSA) is 90.9 Å². The van der Waals surface area contributed by atoms with Crippen LogP contribution in [0.2, 0.25) is 0 Å². The second kappa shape index (κ2) is 10.3. The van der Waals surface area contributed by atoms with E-state index in [4.69, 9.17) is 4.74 Å². The number of aryl methyl sites for hydroxylation is 1. The van der Waals surface area contributed by atoms with E-state index in [1.807, 2.05) is 37.3 Å². The zero-order valence-electron chi connectivity index (χ0n) is 19.2. The summed E-state index contributed by atoms with van der Waals surface area (Å²) >= 11 is 0. The standard InChI is InChI=1S/C26H33N3O4/c1-2-33-22-12-6-11-20(23(22)30)18-29-16-13-21(14-17-29)26(24(31)27-25(32)28-26)15-7-10-19-8-4-3-5-9-19/h3-6,8-9,11-12,21,30H,2,7,10,13-18H2,1H3,(H2,27,28,31,32)/t26-/m0/s1. The van der Waals surface area contributed by atoms with Gasteiger partial charge in [-0.25, -0.2) is 4.79 Å². The average Bonchev–Trinajstić information content (AvgIpc) is 3.11. The Morgan fingerprint density at radius 2 is 1.85 bits per heavy atom. The molecular weight excluding hydrogens is 418 g/mol. The van der Waals surface area contributed by atoms with E-state index in [0.29, 0.717) is 25.3 Å². The van der Waals surface area contributed by atoms with Gasteiger partial charge in [0.25, 0.3) is 5.91 Å². The molecular formula is C26H33N3O4. The highest BCUT2D eigenvalue weighted by Gasteiger charge is 2.51. The number of amides is 3. The summed E-state index contributed by atoms with van der Waals surface area (Å²) in [5.41, 5.74) is 1.24. The quantitative estimate of drug-likeness (QED) is 0.507. The number of hydrogen-bond acceptors (Lipinski definition) is 5. The third kappa shape index (κ3) is 5.14. The Hall–Kier alpha value is -3.06. The van der Waals surface area contributed by atoms with E-state index in [9.17, 15) is 14.7 Å². The van der Waals surface area contributed by atoms with Crippen LogP contribution in [0.3, 0.4) is 0 Å². The number of likely N-dealkylation sites (tertiary alicyclic amines) is 1. The summed E-state index contributed by atoms with van der Waals surface area (Å²) in [5.74, 6) is 0.592. The molecule has 1 atom stereocenters. The molecule has 33 heavy (non-hydrogen) atoms. The van der Waals surface area contributed by atoms with Crippen molar-refractivity contribution in [1.29, 1.82) is 0 Å². The molecule has 0 unspecified atom stereocenters. The molecule has 2 saturated heterocycles.